The summed E-state index contributed by atoms with van der Waals surface area (Å²) in [5.41, 5.74) is 5.39. The first kappa shape index (κ1) is 26.8. The molecule has 1 fully saturated rings. The van der Waals surface area contributed by atoms with Gasteiger partial charge >= 0.3 is 5.97 Å². The lowest BCUT2D eigenvalue weighted by Gasteiger charge is -2.22. The molecule has 1 amide bonds. The van der Waals surface area contributed by atoms with Gasteiger partial charge in [-0.05, 0) is 85.9 Å². The third kappa shape index (κ3) is 6.65. The van der Waals surface area contributed by atoms with Gasteiger partial charge in [-0.2, -0.15) is 0 Å². The molecule has 0 aliphatic heterocycles. The van der Waals surface area contributed by atoms with E-state index in [1.54, 1.807) is 0 Å². The number of anilines is 1. The minimum atomic E-state index is -0.910. The number of carboxylic acids is 1. The number of hydrogen-bond acceptors (Lipinski definition) is 3. The number of carbonyl (C=O) groups excluding carboxylic acids is 1. The molecule has 0 heterocycles. The predicted octanol–water partition coefficient (Wildman–Crippen LogP) is 7.26. The Morgan fingerprint density at radius 1 is 1.03 bits per heavy atom. The Hall–Kier alpha value is -2.82. The quantitative estimate of drug-likeness (QED) is 0.336. The van der Waals surface area contributed by atoms with Gasteiger partial charge in [0.25, 0.3) is 0 Å². The molecule has 0 unspecified atom stereocenters. The molecule has 0 aromatic heterocycles. The Kier molecular flexibility index (Phi) is 9.76. The fourth-order valence-corrected chi connectivity index (χ4v) is 5.54. The molecule has 2 aromatic rings. The number of carbonyl (C=O) groups is 2. The van der Waals surface area contributed by atoms with Gasteiger partial charge in [0.1, 0.15) is 5.75 Å². The molecule has 1 aliphatic rings. The zero-order valence-corrected chi connectivity index (χ0v) is 21.7. The Morgan fingerprint density at radius 3 is 2.37 bits per heavy atom. The minimum absolute atomic E-state index is 0.217. The lowest BCUT2D eigenvalue weighted by Crippen LogP contribution is -2.33. The van der Waals surface area contributed by atoms with Gasteiger partial charge in [0.15, 0.2) is 0 Å². The number of ether oxygens (including phenoxy) is 1. The van der Waals surface area contributed by atoms with Crippen LogP contribution in [0.3, 0.4) is 0 Å². The number of carboxylic acid groups (broad SMARTS) is 1. The highest BCUT2D eigenvalue weighted by Crippen LogP contribution is 2.36. The second kappa shape index (κ2) is 12.8. The van der Waals surface area contributed by atoms with Crippen molar-refractivity contribution >= 4 is 17.6 Å². The van der Waals surface area contributed by atoms with E-state index >= 15 is 0 Å². The summed E-state index contributed by atoms with van der Waals surface area (Å²) in [6, 6.07) is 12.3. The van der Waals surface area contributed by atoms with E-state index in [4.69, 9.17) is 4.74 Å². The van der Waals surface area contributed by atoms with E-state index in [1.807, 2.05) is 39.0 Å². The average molecular weight is 480 g/mol. The van der Waals surface area contributed by atoms with Crippen LogP contribution in [0.15, 0.2) is 36.4 Å². The van der Waals surface area contributed by atoms with E-state index in [0.29, 0.717) is 19.4 Å². The normalized spacial score (nSPS) is 15.5. The molecular formula is C30H41NO4. The standard InChI is InChI=1S/C30H41NO4/c1-5-24(25(6-2)30(33)34)29(32)31-23-17-18-27(22(19-23)16-15-21-11-8-9-12-21)26-13-10-14-28(20(26)4)35-7-3/h10,13-14,17-19,21,24-25H,5-9,11-12,15-16H2,1-4H3,(H,31,32)(H,33,34)/t24-,25+/m0/s1. The number of nitrogens with one attached hydrogen (secondary N) is 1. The highest BCUT2D eigenvalue weighted by Gasteiger charge is 2.31. The first-order valence-electron chi connectivity index (χ1n) is 13.3. The van der Waals surface area contributed by atoms with Crippen LogP contribution in [-0.4, -0.2) is 23.6 Å². The van der Waals surface area contributed by atoms with Crippen LogP contribution in [0, 0.1) is 24.7 Å². The molecule has 0 saturated heterocycles. The molecule has 0 bridgehead atoms. The molecule has 5 nitrogen and oxygen atoms in total. The van der Waals surface area contributed by atoms with Crippen LogP contribution in [-0.2, 0) is 16.0 Å². The van der Waals surface area contributed by atoms with Crippen LogP contribution in [0.25, 0.3) is 11.1 Å². The zero-order valence-electron chi connectivity index (χ0n) is 21.7. The molecule has 1 saturated carbocycles. The van der Waals surface area contributed by atoms with Crippen molar-refractivity contribution in [3.63, 3.8) is 0 Å². The molecule has 3 rings (SSSR count). The Bertz CT molecular complexity index is 1010. The van der Waals surface area contributed by atoms with Crippen LogP contribution in [0.1, 0.15) is 76.8 Å². The molecule has 35 heavy (non-hydrogen) atoms. The first-order chi connectivity index (χ1) is 16.9. The van der Waals surface area contributed by atoms with Gasteiger partial charge in [-0.15, -0.1) is 0 Å². The number of aryl methyl sites for hydroxylation is 1. The van der Waals surface area contributed by atoms with E-state index in [0.717, 1.165) is 41.3 Å². The van der Waals surface area contributed by atoms with Crippen LogP contribution >= 0.6 is 0 Å². The number of aliphatic carboxylic acids is 1. The smallest absolute Gasteiger partial charge is 0.307 e. The van der Waals surface area contributed by atoms with Crippen molar-refractivity contribution in [3.05, 3.63) is 47.5 Å². The van der Waals surface area contributed by atoms with Crippen LogP contribution in [0.5, 0.6) is 5.75 Å². The zero-order chi connectivity index (χ0) is 25.4. The minimum Gasteiger partial charge on any atom is -0.494 e. The molecule has 2 N–H and O–H groups in total. The maximum absolute atomic E-state index is 13.1. The van der Waals surface area contributed by atoms with E-state index in [2.05, 4.69) is 30.4 Å². The summed E-state index contributed by atoms with van der Waals surface area (Å²) >= 11 is 0. The maximum Gasteiger partial charge on any atom is 0.307 e. The molecule has 0 spiro atoms. The van der Waals surface area contributed by atoms with Crippen molar-refractivity contribution in [1.29, 1.82) is 0 Å². The second-order valence-electron chi connectivity index (χ2n) is 9.78. The van der Waals surface area contributed by atoms with Gasteiger partial charge in [0.2, 0.25) is 5.91 Å². The Labute approximate surface area is 210 Å². The van der Waals surface area contributed by atoms with Crippen molar-refractivity contribution in [2.45, 2.75) is 79.1 Å². The Balaban J connectivity index is 1.92. The number of hydrogen-bond donors (Lipinski definition) is 2. The van der Waals surface area contributed by atoms with Gasteiger partial charge in [-0.1, -0.05) is 57.7 Å². The summed E-state index contributed by atoms with van der Waals surface area (Å²) in [6.07, 6.45) is 8.27. The van der Waals surface area contributed by atoms with E-state index in [1.165, 1.54) is 36.8 Å². The van der Waals surface area contributed by atoms with Gasteiger partial charge in [-0.25, -0.2) is 0 Å². The van der Waals surface area contributed by atoms with Gasteiger partial charge in [0.05, 0.1) is 18.4 Å². The van der Waals surface area contributed by atoms with Crippen LogP contribution < -0.4 is 10.1 Å². The van der Waals surface area contributed by atoms with Gasteiger partial charge in [-0.3, -0.25) is 9.59 Å². The summed E-state index contributed by atoms with van der Waals surface area (Å²) in [7, 11) is 0. The van der Waals surface area contributed by atoms with Crippen molar-refractivity contribution in [2.75, 3.05) is 11.9 Å². The SMILES string of the molecule is CCOc1cccc(-c2ccc(NC(=O)[C@@H](CC)[C@@H](CC)C(=O)O)cc2CCC2CCCC2)c1C. The summed E-state index contributed by atoms with van der Waals surface area (Å²) in [5, 5.41) is 12.6. The molecule has 2 atom stereocenters. The Morgan fingerprint density at radius 2 is 1.74 bits per heavy atom. The second-order valence-corrected chi connectivity index (χ2v) is 9.78. The van der Waals surface area contributed by atoms with Crippen molar-refractivity contribution in [3.8, 4) is 16.9 Å². The largest absolute Gasteiger partial charge is 0.494 e. The fourth-order valence-electron chi connectivity index (χ4n) is 5.54. The van der Waals surface area contributed by atoms with E-state index < -0.39 is 17.8 Å². The van der Waals surface area contributed by atoms with E-state index in [9.17, 15) is 14.7 Å². The topological polar surface area (TPSA) is 75.6 Å². The average Bonchev–Trinajstić information content (AvgIpc) is 3.36. The summed E-state index contributed by atoms with van der Waals surface area (Å²) in [6.45, 7) is 8.41. The third-order valence-electron chi connectivity index (χ3n) is 7.56. The monoisotopic (exact) mass is 479 g/mol. The lowest BCUT2D eigenvalue weighted by atomic mass is 9.87. The van der Waals surface area contributed by atoms with E-state index in [-0.39, 0.29) is 5.91 Å². The first-order valence-corrected chi connectivity index (χ1v) is 13.3. The summed E-state index contributed by atoms with van der Waals surface area (Å²) < 4.78 is 5.84. The summed E-state index contributed by atoms with van der Waals surface area (Å²) in [5.74, 6) is -0.691. The number of rotatable bonds is 12. The highest BCUT2D eigenvalue weighted by atomic mass is 16.5. The lowest BCUT2D eigenvalue weighted by molar-refractivity contribution is -0.146. The fraction of sp³-hybridized carbons (Fsp3) is 0.533. The maximum atomic E-state index is 13.1. The van der Waals surface area contributed by atoms with Crippen LogP contribution in [0.2, 0.25) is 0 Å². The van der Waals surface area contributed by atoms with Crippen molar-refractivity contribution in [2.24, 2.45) is 17.8 Å². The van der Waals surface area contributed by atoms with Gasteiger partial charge < -0.3 is 15.2 Å². The highest BCUT2D eigenvalue weighted by molar-refractivity contribution is 5.95. The predicted molar refractivity (Wildman–Crippen MR) is 142 cm³/mol. The molecule has 2 aromatic carbocycles. The molecular weight excluding hydrogens is 438 g/mol. The van der Waals surface area contributed by atoms with Crippen LogP contribution in [0.4, 0.5) is 5.69 Å². The molecule has 5 heteroatoms. The third-order valence-corrected chi connectivity index (χ3v) is 7.56. The van der Waals surface area contributed by atoms with Crippen molar-refractivity contribution in [1.82, 2.24) is 0 Å². The molecule has 1 aliphatic carbocycles. The molecule has 190 valence electrons. The van der Waals surface area contributed by atoms with Crippen molar-refractivity contribution < 1.29 is 19.4 Å². The number of amides is 1. The molecule has 0 radical (unpaired) electrons. The van der Waals surface area contributed by atoms with Gasteiger partial charge in [0, 0.05) is 5.69 Å². The summed E-state index contributed by atoms with van der Waals surface area (Å²) in [4.78, 5) is 24.7. The number of benzene rings is 2.